The molecule has 0 spiro atoms. The highest BCUT2D eigenvalue weighted by Gasteiger charge is 2.09. The third-order valence-corrected chi connectivity index (χ3v) is 3.38. The summed E-state index contributed by atoms with van der Waals surface area (Å²) in [4.78, 5) is 0. The molecule has 90 valence electrons. The maximum Gasteiger partial charge on any atom is 0.100 e. The van der Waals surface area contributed by atoms with Crippen molar-refractivity contribution in [3.8, 4) is 11.1 Å². The van der Waals surface area contributed by atoms with Gasteiger partial charge >= 0.3 is 0 Å². The van der Waals surface area contributed by atoms with Gasteiger partial charge in [0.2, 0.25) is 0 Å². The van der Waals surface area contributed by atoms with Gasteiger partial charge in [0.25, 0.3) is 0 Å². The Kier molecular flexibility index (Phi) is 2.60. The molecule has 0 saturated carbocycles. The second-order valence-corrected chi connectivity index (χ2v) is 4.94. The molecule has 1 heterocycles. The molecule has 18 heavy (non-hydrogen) atoms. The van der Waals surface area contributed by atoms with Gasteiger partial charge in [-0.2, -0.15) is 5.10 Å². The Balaban J connectivity index is 2.31. The monoisotopic (exact) mass is 256 g/mol. The minimum atomic E-state index is 0.771. The van der Waals surface area contributed by atoms with Gasteiger partial charge in [-0.25, -0.2) is 0 Å². The van der Waals surface area contributed by atoms with Gasteiger partial charge in [0.15, 0.2) is 0 Å². The van der Waals surface area contributed by atoms with Crippen LogP contribution in [0.25, 0.3) is 22.0 Å². The summed E-state index contributed by atoms with van der Waals surface area (Å²) < 4.78 is 1.83. The molecule has 3 heteroatoms. The summed E-state index contributed by atoms with van der Waals surface area (Å²) in [5.41, 5.74) is 4.27. The first kappa shape index (κ1) is 11.3. The van der Waals surface area contributed by atoms with E-state index in [9.17, 15) is 0 Å². The number of halogens is 1. The van der Waals surface area contributed by atoms with Gasteiger partial charge in [-0.15, -0.1) is 0 Å². The lowest BCUT2D eigenvalue weighted by atomic mass is 10.0. The summed E-state index contributed by atoms with van der Waals surface area (Å²) in [5, 5.41) is 6.41. The molecule has 0 fully saturated rings. The lowest BCUT2D eigenvalue weighted by molar-refractivity contribution is 0.780. The lowest BCUT2D eigenvalue weighted by Gasteiger charge is -2.06. The fourth-order valence-electron chi connectivity index (χ4n) is 2.22. The molecule has 0 aliphatic carbocycles. The van der Waals surface area contributed by atoms with Crippen molar-refractivity contribution in [3.63, 3.8) is 0 Å². The van der Waals surface area contributed by atoms with Crippen LogP contribution in [0.4, 0.5) is 0 Å². The van der Waals surface area contributed by atoms with E-state index in [1.54, 1.807) is 0 Å². The Morgan fingerprint density at radius 3 is 2.72 bits per heavy atom. The third kappa shape index (κ3) is 1.79. The standard InChI is InChI=1S/C15H13ClN2/c1-10-6-7-12(14(16)8-10)13-5-3-4-11-9-18(2)17-15(11)13/h3-9H,1-2H3. The maximum absolute atomic E-state index is 6.34. The molecule has 0 saturated heterocycles. The lowest BCUT2D eigenvalue weighted by Crippen LogP contribution is -1.87. The average Bonchev–Trinajstić information content (AvgIpc) is 2.69. The molecule has 0 amide bonds. The minimum Gasteiger partial charge on any atom is -0.275 e. The Bertz CT molecular complexity index is 728. The number of aromatic nitrogens is 2. The van der Waals surface area contributed by atoms with E-state index in [4.69, 9.17) is 11.6 Å². The molecule has 3 rings (SSSR count). The second-order valence-electron chi connectivity index (χ2n) is 4.53. The van der Waals surface area contributed by atoms with Crippen LogP contribution >= 0.6 is 11.6 Å². The van der Waals surface area contributed by atoms with Gasteiger partial charge in [-0.1, -0.05) is 41.9 Å². The van der Waals surface area contributed by atoms with Crippen molar-refractivity contribution in [2.24, 2.45) is 7.05 Å². The highest BCUT2D eigenvalue weighted by Crippen LogP contribution is 2.33. The number of benzene rings is 2. The Labute approximate surface area is 111 Å². The molecule has 0 aliphatic heterocycles. The van der Waals surface area contributed by atoms with Gasteiger partial charge < -0.3 is 0 Å². The van der Waals surface area contributed by atoms with E-state index in [2.05, 4.69) is 29.4 Å². The van der Waals surface area contributed by atoms with Crippen molar-refractivity contribution < 1.29 is 0 Å². The molecule has 2 aromatic carbocycles. The fourth-order valence-corrected chi connectivity index (χ4v) is 2.56. The second kappa shape index (κ2) is 4.14. The van der Waals surface area contributed by atoms with Crippen molar-refractivity contribution in [1.29, 1.82) is 0 Å². The van der Waals surface area contributed by atoms with Gasteiger partial charge in [-0.3, -0.25) is 4.68 Å². The zero-order valence-corrected chi connectivity index (χ0v) is 11.1. The predicted molar refractivity (Wildman–Crippen MR) is 75.9 cm³/mol. The number of fused-ring (bicyclic) bond motifs is 1. The molecule has 0 radical (unpaired) electrons. The van der Waals surface area contributed by atoms with Crippen molar-refractivity contribution in [2.75, 3.05) is 0 Å². The molecule has 0 unspecified atom stereocenters. The van der Waals surface area contributed by atoms with Crippen LogP contribution in [-0.4, -0.2) is 9.78 Å². The van der Waals surface area contributed by atoms with E-state index in [0.717, 1.165) is 32.6 Å². The molecule has 1 aromatic heterocycles. The highest BCUT2D eigenvalue weighted by molar-refractivity contribution is 6.33. The molecule has 3 aromatic rings. The van der Waals surface area contributed by atoms with Crippen LogP contribution in [0.2, 0.25) is 5.02 Å². The van der Waals surface area contributed by atoms with Gasteiger partial charge in [0, 0.05) is 34.8 Å². The Hall–Kier alpha value is -1.80. The third-order valence-electron chi connectivity index (χ3n) is 3.07. The molecular formula is C15H13ClN2. The van der Waals surface area contributed by atoms with Crippen LogP contribution in [0, 0.1) is 6.92 Å². The van der Waals surface area contributed by atoms with Crippen LogP contribution in [0.1, 0.15) is 5.56 Å². The summed E-state index contributed by atoms with van der Waals surface area (Å²) in [6.45, 7) is 2.04. The van der Waals surface area contributed by atoms with Gasteiger partial charge in [0.1, 0.15) is 5.52 Å². The summed E-state index contributed by atoms with van der Waals surface area (Å²) in [6.07, 6.45) is 2.01. The van der Waals surface area contributed by atoms with Gasteiger partial charge in [-0.05, 0) is 18.6 Å². The molecule has 0 bridgehead atoms. The van der Waals surface area contributed by atoms with E-state index in [1.165, 1.54) is 0 Å². The van der Waals surface area contributed by atoms with Crippen molar-refractivity contribution >= 4 is 22.5 Å². The number of nitrogens with zero attached hydrogens (tertiary/aromatic N) is 2. The van der Waals surface area contributed by atoms with Gasteiger partial charge in [0.05, 0.1) is 0 Å². The number of hydrogen-bond donors (Lipinski definition) is 0. The van der Waals surface area contributed by atoms with E-state index in [0.29, 0.717) is 0 Å². The average molecular weight is 257 g/mol. The normalized spacial score (nSPS) is 11.1. The Morgan fingerprint density at radius 1 is 1.11 bits per heavy atom. The van der Waals surface area contributed by atoms with E-state index >= 15 is 0 Å². The van der Waals surface area contributed by atoms with Crippen molar-refractivity contribution in [1.82, 2.24) is 9.78 Å². The van der Waals surface area contributed by atoms with Crippen LogP contribution < -0.4 is 0 Å². The van der Waals surface area contributed by atoms with Crippen molar-refractivity contribution in [2.45, 2.75) is 6.92 Å². The first-order chi connectivity index (χ1) is 8.65. The summed E-state index contributed by atoms with van der Waals surface area (Å²) >= 11 is 6.34. The summed E-state index contributed by atoms with van der Waals surface area (Å²) in [5.74, 6) is 0. The topological polar surface area (TPSA) is 17.8 Å². The Morgan fingerprint density at radius 2 is 1.94 bits per heavy atom. The summed E-state index contributed by atoms with van der Waals surface area (Å²) in [6, 6.07) is 12.3. The molecular weight excluding hydrogens is 244 g/mol. The SMILES string of the molecule is Cc1ccc(-c2cccc3cn(C)nc23)c(Cl)c1. The molecule has 0 N–H and O–H groups in total. The smallest absolute Gasteiger partial charge is 0.100 e. The number of rotatable bonds is 1. The van der Waals surface area contributed by atoms with Crippen LogP contribution in [-0.2, 0) is 7.05 Å². The van der Waals surface area contributed by atoms with Crippen LogP contribution in [0.3, 0.4) is 0 Å². The zero-order chi connectivity index (χ0) is 12.7. The van der Waals surface area contributed by atoms with E-state index in [-0.39, 0.29) is 0 Å². The highest BCUT2D eigenvalue weighted by atomic mass is 35.5. The first-order valence-electron chi connectivity index (χ1n) is 5.84. The maximum atomic E-state index is 6.34. The number of aryl methyl sites for hydroxylation is 2. The number of hydrogen-bond acceptors (Lipinski definition) is 1. The van der Waals surface area contributed by atoms with E-state index < -0.39 is 0 Å². The van der Waals surface area contributed by atoms with Crippen molar-refractivity contribution in [3.05, 3.63) is 53.2 Å². The molecule has 0 aliphatic rings. The van der Waals surface area contributed by atoms with Crippen LogP contribution in [0.5, 0.6) is 0 Å². The van der Waals surface area contributed by atoms with Crippen LogP contribution in [0.15, 0.2) is 42.6 Å². The molecule has 2 nitrogen and oxygen atoms in total. The first-order valence-corrected chi connectivity index (χ1v) is 6.22. The largest absolute Gasteiger partial charge is 0.275 e. The summed E-state index contributed by atoms with van der Waals surface area (Å²) in [7, 11) is 1.93. The minimum absolute atomic E-state index is 0.771. The molecule has 0 atom stereocenters. The predicted octanol–water partition coefficient (Wildman–Crippen LogP) is 4.20. The fraction of sp³-hybridized carbons (Fsp3) is 0.133. The zero-order valence-electron chi connectivity index (χ0n) is 10.3. The van der Waals surface area contributed by atoms with E-state index in [1.807, 2.05) is 37.0 Å². The quantitative estimate of drug-likeness (QED) is 0.638.